The van der Waals surface area contributed by atoms with Gasteiger partial charge in [0.05, 0.1) is 11.8 Å². The fraction of sp³-hybridized carbons (Fsp3) is 0.333. The fourth-order valence-corrected chi connectivity index (χ4v) is 2.37. The van der Waals surface area contributed by atoms with Crippen molar-refractivity contribution in [3.05, 3.63) is 30.3 Å². The quantitative estimate of drug-likeness (QED) is 0.791. The highest BCUT2D eigenvalue weighted by Crippen LogP contribution is 2.25. The van der Waals surface area contributed by atoms with Crippen molar-refractivity contribution < 1.29 is 15.0 Å². The van der Waals surface area contributed by atoms with E-state index in [0.29, 0.717) is 5.95 Å². The van der Waals surface area contributed by atoms with Crippen LogP contribution in [0.25, 0.3) is 5.69 Å². The van der Waals surface area contributed by atoms with Crippen LogP contribution < -0.4 is 4.90 Å². The Hall–Kier alpha value is -2.48. The average Bonchev–Trinajstić information content (AvgIpc) is 3.05. The Bertz CT molecular complexity index is 615. The average molecular weight is 275 g/mol. The molecule has 1 aliphatic heterocycles. The monoisotopic (exact) mass is 275 g/mol. The highest BCUT2D eigenvalue weighted by Gasteiger charge is 2.38. The molecule has 1 aromatic carbocycles. The van der Waals surface area contributed by atoms with Gasteiger partial charge in [-0.3, -0.25) is 0 Å². The number of carbonyl (C=O) groups is 1. The summed E-state index contributed by atoms with van der Waals surface area (Å²) in [5.74, 6) is -0.677. The lowest BCUT2D eigenvalue weighted by Gasteiger charge is -2.21. The van der Waals surface area contributed by atoms with E-state index in [1.807, 2.05) is 30.3 Å². The number of rotatable bonds is 3. The molecular formula is C12H13N5O3. The van der Waals surface area contributed by atoms with Crippen molar-refractivity contribution in [2.75, 3.05) is 11.4 Å². The predicted octanol–water partition coefficient (Wildman–Crippen LogP) is -0.313. The fourth-order valence-electron chi connectivity index (χ4n) is 2.37. The first-order valence-electron chi connectivity index (χ1n) is 6.18. The Kier molecular flexibility index (Phi) is 3.07. The number of aromatic nitrogens is 4. The molecule has 0 spiro atoms. The van der Waals surface area contributed by atoms with E-state index in [0.717, 1.165) is 5.69 Å². The molecule has 2 heterocycles. The highest BCUT2D eigenvalue weighted by molar-refractivity contribution is 5.78. The number of hydrogen-bond donors (Lipinski definition) is 2. The zero-order valence-electron chi connectivity index (χ0n) is 10.5. The molecule has 0 bridgehead atoms. The number of benzene rings is 1. The SMILES string of the molecule is O=C(O)C1CC(O)CN1c1nnnn1-c1ccccc1. The number of aliphatic hydroxyl groups is 1. The third-order valence-electron chi connectivity index (χ3n) is 3.27. The maximum atomic E-state index is 11.3. The topological polar surface area (TPSA) is 104 Å². The van der Waals surface area contributed by atoms with Crippen LogP contribution in [-0.4, -0.2) is 55.1 Å². The lowest BCUT2D eigenvalue weighted by atomic mass is 10.2. The van der Waals surface area contributed by atoms with E-state index in [1.54, 1.807) is 0 Å². The third kappa shape index (κ3) is 2.10. The van der Waals surface area contributed by atoms with E-state index in [1.165, 1.54) is 9.58 Å². The van der Waals surface area contributed by atoms with Gasteiger partial charge in [-0.05, 0) is 22.6 Å². The van der Waals surface area contributed by atoms with Crippen LogP contribution in [0.4, 0.5) is 5.95 Å². The molecule has 0 amide bonds. The predicted molar refractivity (Wildman–Crippen MR) is 68.5 cm³/mol. The van der Waals surface area contributed by atoms with Crippen LogP contribution in [0.15, 0.2) is 30.3 Å². The van der Waals surface area contributed by atoms with Crippen LogP contribution in [0.1, 0.15) is 6.42 Å². The van der Waals surface area contributed by atoms with Crippen molar-refractivity contribution in [3.8, 4) is 5.69 Å². The van der Waals surface area contributed by atoms with Gasteiger partial charge in [-0.2, -0.15) is 4.68 Å². The Morgan fingerprint density at radius 1 is 1.30 bits per heavy atom. The number of para-hydroxylation sites is 1. The lowest BCUT2D eigenvalue weighted by Crippen LogP contribution is -2.37. The van der Waals surface area contributed by atoms with E-state index < -0.39 is 18.1 Å². The summed E-state index contributed by atoms with van der Waals surface area (Å²) in [5, 5.41) is 30.3. The normalized spacial score (nSPS) is 22.1. The van der Waals surface area contributed by atoms with E-state index in [4.69, 9.17) is 0 Å². The van der Waals surface area contributed by atoms with Gasteiger partial charge in [0.1, 0.15) is 6.04 Å². The molecule has 104 valence electrons. The molecule has 2 aromatic rings. The Morgan fingerprint density at radius 2 is 2.05 bits per heavy atom. The van der Waals surface area contributed by atoms with Crippen LogP contribution in [0.3, 0.4) is 0 Å². The van der Waals surface area contributed by atoms with E-state index in [9.17, 15) is 15.0 Å². The lowest BCUT2D eigenvalue weighted by molar-refractivity contribution is -0.138. The van der Waals surface area contributed by atoms with Gasteiger partial charge in [0.25, 0.3) is 5.95 Å². The van der Waals surface area contributed by atoms with Gasteiger partial charge in [-0.25, -0.2) is 4.79 Å². The third-order valence-corrected chi connectivity index (χ3v) is 3.27. The molecule has 1 aliphatic rings. The maximum Gasteiger partial charge on any atom is 0.326 e. The number of hydrogen-bond acceptors (Lipinski definition) is 6. The largest absolute Gasteiger partial charge is 0.480 e. The van der Waals surface area contributed by atoms with Gasteiger partial charge in [0.2, 0.25) is 0 Å². The molecule has 2 N–H and O–H groups in total. The number of carboxylic acid groups (broad SMARTS) is 1. The Balaban J connectivity index is 1.99. The zero-order valence-corrected chi connectivity index (χ0v) is 10.5. The van der Waals surface area contributed by atoms with Crippen LogP contribution in [0.2, 0.25) is 0 Å². The van der Waals surface area contributed by atoms with Crippen LogP contribution in [0, 0.1) is 0 Å². The van der Waals surface area contributed by atoms with Gasteiger partial charge in [0, 0.05) is 13.0 Å². The zero-order chi connectivity index (χ0) is 14.1. The van der Waals surface area contributed by atoms with Gasteiger partial charge in [0.15, 0.2) is 0 Å². The van der Waals surface area contributed by atoms with E-state index in [2.05, 4.69) is 15.5 Å². The smallest absolute Gasteiger partial charge is 0.326 e. The summed E-state index contributed by atoms with van der Waals surface area (Å²) in [6, 6.07) is 8.37. The van der Waals surface area contributed by atoms with Crippen molar-refractivity contribution in [1.29, 1.82) is 0 Å². The number of aliphatic carboxylic acids is 1. The number of β-amino-alcohol motifs (C(OH)–C–C–N with tert-alkyl or cyclic N) is 1. The highest BCUT2D eigenvalue weighted by atomic mass is 16.4. The minimum Gasteiger partial charge on any atom is -0.480 e. The van der Waals surface area contributed by atoms with Crippen molar-refractivity contribution in [1.82, 2.24) is 20.2 Å². The molecule has 0 saturated carbocycles. The number of tetrazole rings is 1. The minimum atomic E-state index is -0.996. The molecule has 20 heavy (non-hydrogen) atoms. The van der Waals surface area contributed by atoms with Gasteiger partial charge in [-0.15, -0.1) is 0 Å². The summed E-state index contributed by atoms with van der Waals surface area (Å²) >= 11 is 0. The molecule has 2 unspecified atom stereocenters. The molecule has 8 nitrogen and oxygen atoms in total. The number of nitrogens with zero attached hydrogens (tertiary/aromatic N) is 5. The minimum absolute atomic E-state index is 0.164. The summed E-state index contributed by atoms with van der Waals surface area (Å²) in [4.78, 5) is 12.8. The molecular weight excluding hydrogens is 262 g/mol. The van der Waals surface area contributed by atoms with Crippen LogP contribution >= 0.6 is 0 Å². The van der Waals surface area contributed by atoms with Gasteiger partial charge >= 0.3 is 5.97 Å². The van der Waals surface area contributed by atoms with Gasteiger partial charge < -0.3 is 15.1 Å². The Morgan fingerprint density at radius 3 is 2.75 bits per heavy atom. The first-order valence-corrected chi connectivity index (χ1v) is 6.18. The maximum absolute atomic E-state index is 11.3. The summed E-state index contributed by atoms with van der Waals surface area (Å²) in [6.07, 6.45) is -0.534. The second-order valence-corrected chi connectivity index (χ2v) is 4.62. The Labute approximate surface area is 114 Å². The number of aliphatic hydroxyl groups excluding tert-OH is 1. The molecule has 0 aliphatic carbocycles. The summed E-state index contributed by atoms with van der Waals surface area (Å²) in [6.45, 7) is 0.199. The molecule has 0 radical (unpaired) electrons. The second-order valence-electron chi connectivity index (χ2n) is 4.62. The van der Waals surface area contributed by atoms with Crippen molar-refractivity contribution >= 4 is 11.9 Å². The van der Waals surface area contributed by atoms with Crippen LogP contribution in [-0.2, 0) is 4.79 Å². The molecule has 2 atom stereocenters. The molecule has 1 aromatic heterocycles. The molecule has 8 heteroatoms. The van der Waals surface area contributed by atoms with Gasteiger partial charge in [-0.1, -0.05) is 23.3 Å². The summed E-state index contributed by atoms with van der Waals surface area (Å²) in [5.41, 5.74) is 0.734. The van der Waals surface area contributed by atoms with Crippen molar-refractivity contribution in [3.63, 3.8) is 0 Å². The van der Waals surface area contributed by atoms with E-state index in [-0.39, 0.29) is 13.0 Å². The molecule has 1 fully saturated rings. The number of carboxylic acids is 1. The molecule has 3 rings (SSSR count). The molecule has 1 saturated heterocycles. The summed E-state index contributed by atoms with van der Waals surface area (Å²) in [7, 11) is 0. The second kappa shape index (κ2) is 4.89. The van der Waals surface area contributed by atoms with Crippen LogP contribution in [0.5, 0.6) is 0 Å². The standard InChI is InChI=1S/C12H13N5O3/c18-9-6-10(11(19)20)16(7-9)12-13-14-15-17(12)8-4-2-1-3-5-8/h1-5,9-10,18H,6-7H2,(H,19,20). The van der Waals surface area contributed by atoms with E-state index >= 15 is 0 Å². The van der Waals surface area contributed by atoms with Crippen molar-refractivity contribution in [2.24, 2.45) is 0 Å². The number of anilines is 1. The summed E-state index contributed by atoms with van der Waals surface area (Å²) < 4.78 is 1.47. The van der Waals surface area contributed by atoms with Crippen molar-refractivity contribution in [2.45, 2.75) is 18.6 Å². The first kappa shape index (κ1) is 12.5. The first-order chi connectivity index (χ1) is 9.66.